The fourth-order valence-corrected chi connectivity index (χ4v) is 1.87. The lowest BCUT2D eigenvalue weighted by Gasteiger charge is -2.10. The molecule has 0 bridgehead atoms. The van der Waals surface area contributed by atoms with Crippen LogP contribution in [0.3, 0.4) is 0 Å². The van der Waals surface area contributed by atoms with E-state index in [1.54, 1.807) is 12.1 Å². The highest BCUT2D eigenvalue weighted by Crippen LogP contribution is 2.19. The van der Waals surface area contributed by atoms with E-state index in [1.807, 2.05) is 13.0 Å². The molecule has 0 saturated carbocycles. The Kier molecular flexibility index (Phi) is 6.73. The highest BCUT2D eigenvalue weighted by Gasteiger charge is 2.13. The van der Waals surface area contributed by atoms with Crippen LogP contribution in [0, 0.1) is 6.92 Å². The van der Waals surface area contributed by atoms with Crippen LogP contribution in [0.1, 0.15) is 41.6 Å². The number of hydrogen-bond acceptors (Lipinski definition) is 4. The third kappa shape index (κ3) is 5.01. The summed E-state index contributed by atoms with van der Waals surface area (Å²) >= 11 is 0. The van der Waals surface area contributed by atoms with E-state index in [4.69, 9.17) is 10.5 Å². The van der Waals surface area contributed by atoms with Crippen molar-refractivity contribution < 1.29 is 14.3 Å². The zero-order valence-electron chi connectivity index (χ0n) is 12.1. The molecule has 5 heteroatoms. The van der Waals surface area contributed by atoms with Gasteiger partial charge in [0.1, 0.15) is 0 Å². The molecule has 0 radical (unpaired) electrons. The Morgan fingerprint density at radius 2 is 2.00 bits per heavy atom. The van der Waals surface area contributed by atoms with Crippen molar-refractivity contribution >= 4 is 17.6 Å². The second-order valence-electron chi connectivity index (χ2n) is 4.69. The van der Waals surface area contributed by atoms with E-state index in [9.17, 15) is 9.59 Å². The molecule has 0 saturated heterocycles. The molecule has 0 heterocycles. The standard InChI is InChI=1S/C15H22N2O3/c1-11-7-8-13(12(10-11)15(19)20-2)17-14(18)6-4-3-5-9-16/h7-8,10H,3-6,9,16H2,1-2H3,(H,17,18). The van der Waals surface area contributed by atoms with Crippen LogP contribution in [0.4, 0.5) is 5.69 Å². The molecule has 0 atom stereocenters. The number of esters is 1. The van der Waals surface area contributed by atoms with Gasteiger partial charge in [-0.15, -0.1) is 0 Å². The highest BCUT2D eigenvalue weighted by molar-refractivity contribution is 6.01. The zero-order chi connectivity index (χ0) is 15.0. The van der Waals surface area contributed by atoms with Gasteiger partial charge in [0, 0.05) is 6.42 Å². The molecule has 0 aliphatic heterocycles. The highest BCUT2D eigenvalue weighted by atomic mass is 16.5. The molecule has 0 aromatic heterocycles. The molecule has 1 rings (SSSR count). The Bertz CT molecular complexity index is 472. The monoisotopic (exact) mass is 278 g/mol. The number of rotatable bonds is 7. The van der Waals surface area contributed by atoms with Crippen molar-refractivity contribution in [1.29, 1.82) is 0 Å². The average molecular weight is 278 g/mol. The van der Waals surface area contributed by atoms with E-state index >= 15 is 0 Å². The molecular weight excluding hydrogens is 256 g/mol. The quantitative estimate of drug-likeness (QED) is 0.592. The first-order valence-electron chi connectivity index (χ1n) is 6.77. The molecule has 3 N–H and O–H groups in total. The zero-order valence-corrected chi connectivity index (χ0v) is 12.1. The minimum atomic E-state index is -0.452. The number of amides is 1. The number of benzene rings is 1. The van der Waals surface area contributed by atoms with Crippen molar-refractivity contribution in [2.45, 2.75) is 32.6 Å². The molecule has 0 unspecified atom stereocenters. The Hall–Kier alpha value is -1.88. The van der Waals surface area contributed by atoms with Crippen molar-refractivity contribution in [3.05, 3.63) is 29.3 Å². The van der Waals surface area contributed by atoms with Crippen molar-refractivity contribution in [2.24, 2.45) is 5.73 Å². The maximum atomic E-state index is 11.8. The molecule has 110 valence electrons. The lowest BCUT2D eigenvalue weighted by atomic mass is 10.1. The number of carbonyl (C=O) groups is 2. The summed E-state index contributed by atoms with van der Waals surface area (Å²) in [6.45, 7) is 2.52. The molecule has 0 spiro atoms. The van der Waals surface area contributed by atoms with Crippen molar-refractivity contribution in [1.82, 2.24) is 0 Å². The fraction of sp³-hybridized carbons (Fsp3) is 0.467. The van der Waals surface area contributed by atoms with Crippen molar-refractivity contribution in [2.75, 3.05) is 19.0 Å². The van der Waals surface area contributed by atoms with E-state index in [1.165, 1.54) is 7.11 Å². The van der Waals surface area contributed by atoms with Gasteiger partial charge in [-0.2, -0.15) is 0 Å². The summed E-state index contributed by atoms with van der Waals surface area (Å²) in [5, 5.41) is 2.76. The maximum absolute atomic E-state index is 11.8. The van der Waals surface area contributed by atoms with Crippen LogP contribution in [0.25, 0.3) is 0 Å². The first-order valence-corrected chi connectivity index (χ1v) is 6.77. The smallest absolute Gasteiger partial charge is 0.339 e. The Morgan fingerprint density at radius 1 is 1.25 bits per heavy atom. The van der Waals surface area contributed by atoms with E-state index < -0.39 is 5.97 Å². The average Bonchev–Trinajstić information content (AvgIpc) is 2.44. The normalized spacial score (nSPS) is 10.2. The summed E-state index contributed by atoms with van der Waals surface area (Å²) < 4.78 is 4.72. The summed E-state index contributed by atoms with van der Waals surface area (Å²) in [7, 11) is 1.32. The first-order chi connectivity index (χ1) is 9.58. The van der Waals surface area contributed by atoms with Gasteiger partial charge in [-0.3, -0.25) is 4.79 Å². The minimum Gasteiger partial charge on any atom is -0.465 e. The molecule has 1 aromatic rings. The number of nitrogens with two attached hydrogens (primary N) is 1. The van der Waals surface area contributed by atoms with Gasteiger partial charge in [0.05, 0.1) is 18.4 Å². The maximum Gasteiger partial charge on any atom is 0.339 e. The van der Waals surface area contributed by atoms with Crippen LogP contribution in [-0.4, -0.2) is 25.5 Å². The van der Waals surface area contributed by atoms with Crippen LogP contribution in [-0.2, 0) is 9.53 Å². The summed E-state index contributed by atoms with van der Waals surface area (Å²) in [4.78, 5) is 23.5. The Balaban J connectivity index is 2.67. The molecule has 5 nitrogen and oxygen atoms in total. The van der Waals surface area contributed by atoms with Gasteiger partial charge >= 0.3 is 5.97 Å². The topological polar surface area (TPSA) is 81.4 Å². The van der Waals surface area contributed by atoms with Crippen LogP contribution in [0.15, 0.2) is 18.2 Å². The van der Waals surface area contributed by atoms with Crippen LogP contribution in [0.2, 0.25) is 0 Å². The van der Waals surface area contributed by atoms with Gasteiger partial charge in [-0.25, -0.2) is 4.79 Å². The number of nitrogens with one attached hydrogen (secondary N) is 1. The van der Waals surface area contributed by atoms with Gasteiger partial charge in [-0.05, 0) is 38.4 Å². The third-order valence-corrected chi connectivity index (χ3v) is 2.96. The number of anilines is 1. The molecular formula is C15H22N2O3. The number of ether oxygens (including phenoxy) is 1. The molecule has 0 aliphatic rings. The summed E-state index contributed by atoms with van der Waals surface area (Å²) in [5.41, 5.74) is 7.21. The lowest BCUT2D eigenvalue weighted by molar-refractivity contribution is -0.116. The Labute approximate surface area is 119 Å². The summed E-state index contributed by atoms with van der Waals surface area (Å²) in [6, 6.07) is 5.27. The Morgan fingerprint density at radius 3 is 2.65 bits per heavy atom. The molecule has 1 aromatic carbocycles. The van der Waals surface area contributed by atoms with Gasteiger partial charge in [-0.1, -0.05) is 18.1 Å². The van der Waals surface area contributed by atoms with Crippen LogP contribution < -0.4 is 11.1 Å². The van der Waals surface area contributed by atoms with Gasteiger partial charge in [0.2, 0.25) is 5.91 Å². The number of aryl methyl sites for hydroxylation is 1. The largest absolute Gasteiger partial charge is 0.465 e. The second kappa shape index (κ2) is 8.32. The van der Waals surface area contributed by atoms with Crippen LogP contribution in [0.5, 0.6) is 0 Å². The van der Waals surface area contributed by atoms with Gasteiger partial charge < -0.3 is 15.8 Å². The molecule has 0 fully saturated rings. The summed E-state index contributed by atoms with van der Waals surface area (Å²) in [6.07, 6.45) is 3.07. The van der Waals surface area contributed by atoms with E-state index in [2.05, 4.69) is 5.32 Å². The van der Waals surface area contributed by atoms with Gasteiger partial charge in [0.25, 0.3) is 0 Å². The molecule has 1 amide bonds. The van der Waals surface area contributed by atoms with Gasteiger partial charge in [0.15, 0.2) is 0 Å². The van der Waals surface area contributed by atoms with E-state index in [-0.39, 0.29) is 5.91 Å². The second-order valence-corrected chi connectivity index (χ2v) is 4.69. The third-order valence-electron chi connectivity index (χ3n) is 2.96. The van der Waals surface area contributed by atoms with Crippen molar-refractivity contribution in [3.8, 4) is 0 Å². The predicted octanol–water partition coefficient (Wildman–Crippen LogP) is 2.24. The van der Waals surface area contributed by atoms with E-state index in [0.717, 1.165) is 24.8 Å². The lowest BCUT2D eigenvalue weighted by Crippen LogP contribution is -2.15. The number of hydrogen-bond donors (Lipinski definition) is 2. The van der Waals surface area contributed by atoms with Crippen molar-refractivity contribution in [3.63, 3.8) is 0 Å². The summed E-state index contributed by atoms with van der Waals surface area (Å²) in [5.74, 6) is -0.553. The molecule has 0 aliphatic carbocycles. The number of carbonyl (C=O) groups excluding carboxylic acids is 2. The minimum absolute atomic E-state index is 0.101. The number of unbranched alkanes of at least 4 members (excludes halogenated alkanes) is 2. The van der Waals surface area contributed by atoms with Crippen LogP contribution >= 0.6 is 0 Å². The first kappa shape index (κ1) is 16.2. The van der Waals surface area contributed by atoms with E-state index in [0.29, 0.717) is 24.2 Å². The SMILES string of the molecule is COC(=O)c1cc(C)ccc1NC(=O)CCCCCN. The molecule has 20 heavy (non-hydrogen) atoms. The fourth-order valence-electron chi connectivity index (χ4n) is 1.87. The number of methoxy groups -OCH3 is 1. The predicted molar refractivity (Wildman–Crippen MR) is 78.7 cm³/mol.